The van der Waals surface area contributed by atoms with E-state index < -0.39 is 74.0 Å². The van der Waals surface area contributed by atoms with E-state index in [9.17, 15) is 40.5 Å². The Labute approximate surface area is 135 Å². The molecule has 2 heterocycles. The van der Waals surface area contributed by atoms with E-state index in [0.29, 0.717) is 0 Å². The Balaban J connectivity index is 1.98. The number of aliphatic carboxylic acids is 1. The van der Waals surface area contributed by atoms with Crippen LogP contribution in [-0.2, 0) is 19.0 Å². The minimum atomic E-state index is -1.88. The fourth-order valence-electron chi connectivity index (χ4n) is 2.45. The number of hydrogen-bond acceptors (Lipinski definition) is 11. The molecule has 2 aliphatic rings. The van der Waals surface area contributed by atoms with E-state index in [-0.39, 0.29) is 0 Å². The predicted molar refractivity (Wildman–Crippen MR) is 69.2 cm³/mol. The first-order valence-corrected chi connectivity index (χ1v) is 7.07. The minimum Gasteiger partial charge on any atom is -0.479 e. The van der Waals surface area contributed by atoms with Gasteiger partial charge in [0.05, 0.1) is 6.61 Å². The van der Waals surface area contributed by atoms with E-state index in [4.69, 9.17) is 19.3 Å². The van der Waals surface area contributed by atoms with E-state index in [0.717, 1.165) is 0 Å². The van der Waals surface area contributed by atoms with Crippen LogP contribution < -0.4 is 0 Å². The molecule has 0 aromatic carbocycles. The zero-order chi connectivity index (χ0) is 18.2. The number of hydrogen-bond donors (Lipinski definition) is 8. The number of aliphatic hydroxyl groups excluding tert-OH is 7. The lowest BCUT2D eigenvalue weighted by Crippen LogP contribution is -2.62. The first kappa shape index (κ1) is 19.4. The van der Waals surface area contributed by atoms with Crippen molar-refractivity contribution in [1.82, 2.24) is 0 Å². The Morgan fingerprint density at radius 2 is 1.38 bits per heavy atom. The van der Waals surface area contributed by atoms with Crippen LogP contribution in [0.2, 0.25) is 0 Å². The molecule has 8 N–H and O–H groups in total. The largest absolute Gasteiger partial charge is 0.479 e. The third-order valence-corrected chi connectivity index (χ3v) is 3.92. The summed E-state index contributed by atoms with van der Waals surface area (Å²) in [5.74, 6) is -1.59. The summed E-state index contributed by atoms with van der Waals surface area (Å²) in [5, 5.41) is 75.8. The van der Waals surface area contributed by atoms with Crippen molar-refractivity contribution in [2.45, 2.75) is 61.4 Å². The van der Waals surface area contributed by atoms with E-state index in [2.05, 4.69) is 0 Å². The molecule has 0 amide bonds. The highest BCUT2D eigenvalue weighted by Crippen LogP contribution is 2.25. The predicted octanol–water partition coefficient (Wildman–Crippen LogP) is -5.30. The van der Waals surface area contributed by atoms with Gasteiger partial charge in [0, 0.05) is 0 Å². The molecule has 0 radical (unpaired) electrons. The molecule has 2 rings (SSSR count). The smallest absolute Gasteiger partial charge is 0.335 e. The van der Waals surface area contributed by atoms with Gasteiger partial charge in [-0.05, 0) is 0 Å². The Kier molecular flexibility index (Phi) is 6.09. The van der Waals surface area contributed by atoms with Gasteiger partial charge < -0.3 is 55.1 Å². The molecular formula is C12H20O12. The molecule has 6 unspecified atom stereocenters. The van der Waals surface area contributed by atoms with Gasteiger partial charge in [-0.25, -0.2) is 4.79 Å². The molecule has 140 valence electrons. The number of carbonyl (C=O) groups is 1. The van der Waals surface area contributed by atoms with Crippen LogP contribution in [0.5, 0.6) is 0 Å². The molecule has 0 aromatic heterocycles. The molecule has 0 saturated carbocycles. The second kappa shape index (κ2) is 7.53. The van der Waals surface area contributed by atoms with Crippen LogP contribution >= 0.6 is 0 Å². The molecule has 2 saturated heterocycles. The Hall–Kier alpha value is -0.930. The van der Waals surface area contributed by atoms with E-state index in [1.807, 2.05) is 0 Å². The van der Waals surface area contributed by atoms with Crippen LogP contribution in [0.15, 0.2) is 0 Å². The molecule has 0 bridgehead atoms. The van der Waals surface area contributed by atoms with Crippen LogP contribution in [-0.4, -0.2) is 115 Å². The summed E-state index contributed by atoms with van der Waals surface area (Å²) in [5.41, 5.74) is 0. The third kappa shape index (κ3) is 3.67. The fourth-order valence-corrected chi connectivity index (χ4v) is 2.45. The van der Waals surface area contributed by atoms with Crippen molar-refractivity contribution in [1.29, 1.82) is 0 Å². The lowest BCUT2D eigenvalue weighted by atomic mass is 9.98. The van der Waals surface area contributed by atoms with Gasteiger partial charge in [0.15, 0.2) is 18.7 Å². The van der Waals surface area contributed by atoms with E-state index in [1.165, 1.54) is 0 Å². The Morgan fingerprint density at radius 3 is 1.96 bits per heavy atom. The summed E-state index contributed by atoms with van der Waals surface area (Å²) in [6, 6.07) is 0. The quantitative estimate of drug-likeness (QED) is 0.238. The number of carboxylic acids is 1. The molecule has 12 nitrogen and oxygen atoms in total. The summed E-state index contributed by atoms with van der Waals surface area (Å²) in [6.45, 7) is -0.584. The van der Waals surface area contributed by atoms with Gasteiger partial charge in [0.2, 0.25) is 0 Å². The van der Waals surface area contributed by atoms with Crippen LogP contribution in [0.25, 0.3) is 0 Å². The van der Waals surface area contributed by atoms with Crippen molar-refractivity contribution in [2.24, 2.45) is 0 Å². The van der Waals surface area contributed by atoms with Crippen molar-refractivity contribution in [2.75, 3.05) is 6.61 Å². The summed E-state index contributed by atoms with van der Waals surface area (Å²) in [7, 11) is 0. The van der Waals surface area contributed by atoms with Crippen LogP contribution in [0, 0.1) is 0 Å². The number of carboxylic acid groups (broad SMARTS) is 1. The third-order valence-electron chi connectivity index (χ3n) is 3.92. The van der Waals surface area contributed by atoms with E-state index in [1.54, 1.807) is 0 Å². The fraction of sp³-hybridized carbons (Fsp3) is 0.917. The monoisotopic (exact) mass is 356 g/mol. The topological polar surface area (TPSA) is 207 Å². The first-order valence-electron chi connectivity index (χ1n) is 7.07. The van der Waals surface area contributed by atoms with Crippen molar-refractivity contribution in [3.8, 4) is 0 Å². The zero-order valence-electron chi connectivity index (χ0n) is 12.2. The number of ether oxygens (including phenoxy) is 3. The van der Waals surface area contributed by atoms with Crippen molar-refractivity contribution in [3.05, 3.63) is 0 Å². The molecule has 24 heavy (non-hydrogen) atoms. The standard InChI is InChI=1S/C12H20O12/c13-3-2(23-11(21)7(17)4(3)14)1-22-12-8(18)5(15)6(16)9(24-12)10(19)20/h2-9,11-18,21H,1H2,(H,19,20)/t2?,3-,4?,5?,6+,7?,8?,9?,11+,12+/m1/s1. The van der Waals surface area contributed by atoms with Gasteiger partial charge >= 0.3 is 5.97 Å². The summed E-state index contributed by atoms with van der Waals surface area (Å²) in [6.07, 6.45) is -17.3. The first-order chi connectivity index (χ1) is 11.1. The van der Waals surface area contributed by atoms with Crippen molar-refractivity contribution in [3.63, 3.8) is 0 Å². The summed E-state index contributed by atoms with van der Waals surface area (Å²) >= 11 is 0. The average Bonchev–Trinajstić information content (AvgIpc) is 2.54. The molecule has 0 spiro atoms. The maximum Gasteiger partial charge on any atom is 0.335 e. The van der Waals surface area contributed by atoms with Gasteiger partial charge in [-0.2, -0.15) is 0 Å². The molecule has 0 aromatic rings. The second-order valence-electron chi connectivity index (χ2n) is 5.61. The SMILES string of the molecule is O=C(O)C1O[C@H](OCC2O[C@H](O)C(O)C(O)[C@@H]2O)C(O)C(O)[C@@H]1O. The van der Waals surface area contributed by atoms with Crippen molar-refractivity contribution >= 4 is 5.97 Å². The minimum absolute atomic E-state index is 0.584. The summed E-state index contributed by atoms with van der Waals surface area (Å²) in [4.78, 5) is 11.0. The maximum atomic E-state index is 11.0. The average molecular weight is 356 g/mol. The highest BCUT2D eigenvalue weighted by atomic mass is 16.7. The lowest BCUT2D eigenvalue weighted by molar-refractivity contribution is -0.321. The highest BCUT2D eigenvalue weighted by molar-refractivity contribution is 5.73. The number of aliphatic hydroxyl groups is 7. The van der Waals surface area contributed by atoms with Gasteiger partial charge in [-0.3, -0.25) is 0 Å². The van der Waals surface area contributed by atoms with Crippen LogP contribution in [0.3, 0.4) is 0 Å². The van der Waals surface area contributed by atoms with Gasteiger partial charge in [0.1, 0.15) is 42.7 Å². The molecule has 10 atom stereocenters. The normalized spacial score (nSPS) is 49.8. The molecule has 2 fully saturated rings. The highest BCUT2D eigenvalue weighted by Gasteiger charge is 2.49. The van der Waals surface area contributed by atoms with Gasteiger partial charge in [0.25, 0.3) is 0 Å². The molecule has 0 aliphatic carbocycles. The molecular weight excluding hydrogens is 336 g/mol. The van der Waals surface area contributed by atoms with Crippen LogP contribution in [0.4, 0.5) is 0 Å². The maximum absolute atomic E-state index is 11.0. The van der Waals surface area contributed by atoms with Gasteiger partial charge in [-0.15, -0.1) is 0 Å². The Bertz CT molecular complexity index is 446. The Morgan fingerprint density at radius 1 is 0.792 bits per heavy atom. The number of rotatable bonds is 4. The van der Waals surface area contributed by atoms with Gasteiger partial charge in [-0.1, -0.05) is 0 Å². The lowest BCUT2D eigenvalue weighted by Gasteiger charge is -2.41. The summed E-state index contributed by atoms with van der Waals surface area (Å²) < 4.78 is 14.7. The molecule has 12 heteroatoms. The van der Waals surface area contributed by atoms with Crippen LogP contribution in [0.1, 0.15) is 0 Å². The van der Waals surface area contributed by atoms with Crippen molar-refractivity contribution < 1.29 is 59.9 Å². The zero-order valence-corrected chi connectivity index (χ0v) is 12.2. The second-order valence-corrected chi connectivity index (χ2v) is 5.61. The van der Waals surface area contributed by atoms with E-state index >= 15 is 0 Å². The molecule has 2 aliphatic heterocycles.